The Hall–Kier alpha value is -3.67. The normalized spacial score (nSPS) is 12.7. The van der Waals surface area contributed by atoms with Crippen LogP contribution in [0.1, 0.15) is 316 Å². The van der Waals surface area contributed by atoms with Crippen LogP contribution in [0.5, 0.6) is 0 Å². The molecule has 0 aromatic rings. The number of allylic oxidation sites excluding steroid dienone is 16. The van der Waals surface area contributed by atoms with Gasteiger partial charge in [0.15, 0.2) is 6.10 Å². The molecular weight excluding hydrogens is 949 g/mol. The molecule has 0 rings (SSSR count). The van der Waals surface area contributed by atoms with Crippen molar-refractivity contribution in [2.45, 2.75) is 322 Å². The second-order valence-electron chi connectivity index (χ2n) is 21.6. The molecule has 6 nitrogen and oxygen atoms in total. The minimum absolute atomic E-state index is 0.0827. The molecule has 0 fully saturated rings. The van der Waals surface area contributed by atoms with E-state index in [1.807, 2.05) is 0 Å². The van der Waals surface area contributed by atoms with Crippen LogP contribution < -0.4 is 0 Å². The molecule has 77 heavy (non-hydrogen) atoms. The summed E-state index contributed by atoms with van der Waals surface area (Å²) in [7, 11) is 0. The first-order valence-electron chi connectivity index (χ1n) is 32.7. The van der Waals surface area contributed by atoms with Crippen molar-refractivity contribution < 1.29 is 28.6 Å². The van der Waals surface area contributed by atoms with Crippen LogP contribution in [0.2, 0.25) is 0 Å². The standard InChI is InChI=1S/C71H122O6/c1-4-7-10-13-16-19-22-25-28-30-32-33-34-35-36-37-38-39-40-42-43-46-49-52-55-58-61-64-70(73)76-67-68(66-75-69(72)63-60-57-54-51-48-45-27-24-21-18-15-12-9-6-3)77-71(74)65-62-59-56-53-50-47-44-41-31-29-26-23-20-17-14-11-8-5-2/h7,10,16,19,25,28-29,31-33,35-36,38-39,42-43,68H,4-6,8-9,11-15,17-18,20-24,26-27,30,34,37,40-41,44-67H2,1-3H3/b10-7-,19-16-,28-25-,31-29-,33-32-,36-35-,39-38-,43-42-. The molecule has 0 aliphatic rings. The Kier molecular flexibility index (Phi) is 61.8. The van der Waals surface area contributed by atoms with Crippen molar-refractivity contribution in [2.75, 3.05) is 13.2 Å². The third kappa shape index (κ3) is 63.0. The summed E-state index contributed by atoms with van der Waals surface area (Å²) < 4.78 is 16.9. The van der Waals surface area contributed by atoms with Gasteiger partial charge >= 0.3 is 17.9 Å². The topological polar surface area (TPSA) is 78.9 Å². The number of hydrogen-bond donors (Lipinski definition) is 0. The van der Waals surface area contributed by atoms with E-state index in [0.29, 0.717) is 19.3 Å². The second kappa shape index (κ2) is 64.9. The Morgan fingerprint density at radius 2 is 0.506 bits per heavy atom. The summed E-state index contributed by atoms with van der Waals surface area (Å²) in [5.74, 6) is -0.895. The van der Waals surface area contributed by atoms with Gasteiger partial charge in [-0.2, -0.15) is 0 Å². The molecule has 442 valence electrons. The molecule has 0 saturated heterocycles. The molecular formula is C71H122O6. The van der Waals surface area contributed by atoms with Gasteiger partial charge in [0.1, 0.15) is 13.2 Å². The summed E-state index contributed by atoms with van der Waals surface area (Å²) in [6.45, 7) is 6.54. The number of esters is 3. The van der Waals surface area contributed by atoms with Gasteiger partial charge in [0.05, 0.1) is 0 Å². The van der Waals surface area contributed by atoms with Gasteiger partial charge in [-0.05, 0) is 103 Å². The smallest absolute Gasteiger partial charge is 0.306 e. The molecule has 0 spiro atoms. The quantitative estimate of drug-likeness (QED) is 0.0261. The van der Waals surface area contributed by atoms with Crippen LogP contribution in [-0.2, 0) is 28.6 Å². The average Bonchev–Trinajstić information content (AvgIpc) is 3.43. The lowest BCUT2D eigenvalue weighted by Gasteiger charge is -2.18. The molecule has 0 aromatic carbocycles. The number of ether oxygens (including phenoxy) is 3. The summed E-state index contributed by atoms with van der Waals surface area (Å²) in [6, 6.07) is 0. The first-order chi connectivity index (χ1) is 38.0. The molecule has 1 atom stereocenters. The molecule has 0 aromatic heterocycles. The highest BCUT2D eigenvalue weighted by atomic mass is 16.6. The Morgan fingerprint density at radius 1 is 0.273 bits per heavy atom. The van der Waals surface area contributed by atoms with Crippen LogP contribution in [0.15, 0.2) is 97.2 Å². The molecule has 0 radical (unpaired) electrons. The molecule has 0 saturated carbocycles. The highest BCUT2D eigenvalue weighted by Gasteiger charge is 2.19. The summed E-state index contributed by atoms with van der Waals surface area (Å²) in [5.41, 5.74) is 0. The molecule has 1 unspecified atom stereocenters. The van der Waals surface area contributed by atoms with Gasteiger partial charge in [0.25, 0.3) is 0 Å². The Morgan fingerprint density at radius 3 is 0.805 bits per heavy atom. The third-order valence-electron chi connectivity index (χ3n) is 14.1. The van der Waals surface area contributed by atoms with Crippen LogP contribution >= 0.6 is 0 Å². The van der Waals surface area contributed by atoms with Crippen LogP contribution in [0.3, 0.4) is 0 Å². The maximum absolute atomic E-state index is 12.9. The van der Waals surface area contributed by atoms with Crippen molar-refractivity contribution in [2.24, 2.45) is 0 Å². The molecule has 6 heteroatoms. The second-order valence-corrected chi connectivity index (χ2v) is 21.6. The predicted octanol–water partition coefficient (Wildman–Crippen LogP) is 22.4. The minimum atomic E-state index is -0.788. The van der Waals surface area contributed by atoms with E-state index >= 15 is 0 Å². The number of hydrogen-bond acceptors (Lipinski definition) is 6. The summed E-state index contributed by atoms with van der Waals surface area (Å²) in [6.07, 6.45) is 86.9. The maximum atomic E-state index is 12.9. The zero-order chi connectivity index (χ0) is 55.7. The van der Waals surface area contributed by atoms with Crippen molar-refractivity contribution in [1.29, 1.82) is 0 Å². The number of carbonyl (C=O) groups excluding carboxylic acids is 3. The summed E-state index contributed by atoms with van der Waals surface area (Å²) in [4.78, 5) is 38.3. The average molecular weight is 1070 g/mol. The fraction of sp³-hybridized carbons (Fsp3) is 0.732. The van der Waals surface area contributed by atoms with E-state index in [0.717, 1.165) is 122 Å². The van der Waals surface area contributed by atoms with E-state index in [1.54, 1.807) is 0 Å². The van der Waals surface area contributed by atoms with E-state index in [1.165, 1.54) is 154 Å². The summed E-state index contributed by atoms with van der Waals surface area (Å²) in [5, 5.41) is 0. The molecule has 0 amide bonds. The molecule has 0 aliphatic carbocycles. The zero-order valence-electron chi connectivity index (χ0n) is 50.7. The van der Waals surface area contributed by atoms with Crippen molar-refractivity contribution in [1.82, 2.24) is 0 Å². The Labute approximate surface area is 477 Å². The molecule has 0 bridgehead atoms. The predicted molar refractivity (Wildman–Crippen MR) is 334 cm³/mol. The number of carbonyl (C=O) groups is 3. The third-order valence-corrected chi connectivity index (χ3v) is 14.1. The largest absolute Gasteiger partial charge is 0.462 e. The van der Waals surface area contributed by atoms with Gasteiger partial charge in [-0.15, -0.1) is 0 Å². The minimum Gasteiger partial charge on any atom is -0.462 e. The number of unbranched alkanes of at least 4 members (excludes halogenated alkanes) is 32. The number of rotatable bonds is 59. The highest BCUT2D eigenvalue weighted by Crippen LogP contribution is 2.16. The maximum Gasteiger partial charge on any atom is 0.306 e. The van der Waals surface area contributed by atoms with Crippen molar-refractivity contribution in [3.05, 3.63) is 97.2 Å². The molecule has 0 aliphatic heterocycles. The lowest BCUT2D eigenvalue weighted by atomic mass is 10.0. The highest BCUT2D eigenvalue weighted by molar-refractivity contribution is 5.71. The van der Waals surface area contributed by atoms with E-state index in [2.05, 4.69) is 118 Å². The van der Waals surface area contributed by atoms with Gasteiger partial charge < -0.3 is 14.2 Å². The Bertz CT molecular complexity index is 1510. The van der Waals surface area contributed by atoms with Crippen molar-refractivity contribution in [3.63, 3.8) is 0 Å². The first kappa shape index (κ1) is 73.3. The van der Waals surface area contributed by atoms with Crippen LogP contribution in [0.4, 0.5) is 0 Å². The zero-order valence-corrected chi connectivity index (χ0v) is 50.7. The van der Waals surface area contributed by atoms with Crippen molar-refractivity contribution in [3.8, 4) is 0 Å². The van der Waals surface area contributed by atoms with Gasteiger partial charge in [-0.1, -0.05) is 291 Å². The SMILES string of the molecule is CC/C=C\C/C=C\C/C=C\C/C=C\C/C=C\C/C=C\C/C=C\CCCCCCCC(=O)OCC(COC(=O)CCCCCCCCCCCCCCCC)OC(=O)CCCCCCCCC/C=C\CCCCCCCCC. The van der Waals surface area contributed by atoms with Crippen LogP contribution in [0, 0.1) is 0 Å². The summed E-state index contributed by atoms with van der Waals surface area (Å²) >= 11 is 0. The van der Waals surface area contributed by atoms with E-state index in [4.69, 9.17) is 14.2 Å². The molecule has 0 heterocycles. The first-order valence-corrected chi connectivity index (χ1v) is 32.7. The van der Waals surface area contributed by atoms with E-state index in [9.17, 15) is 14.4 Å². The fourth-order valence-electron chi connectivity index (χ4n) is 9.18. The van der Waals surface area contributed by atoms with Gasteiger partial charge in [0, 0.05) is 19.3 Å². The van der Waals surface area contributed by atoms with Crippen molar-refractivity contribution >= 4 is 17.9 Å². The van der Waals surface area contributed by atoms with E-state index in [-0.39, 0.29) is 31.1 Å². The van der Waals surface area contributed by atoms with Gasteiger partial charge in [0.2, 0.25) is 0 Å². The lowest BCUT2D eigenvalue weighted by Crippen LogP contribution is -2.30. The molecule has 0 N–H and O–H groups in total. The lowest BCUT2D eigenvalue weighted by molar-refractivity contribution is -0.167. The van der Waals surface area contributed by atoms with Gasteiger partial charge in [-0.25, -0.2) is 0 Å². The van der Waals surface area contributed by atoms with E-state index < -0.39 is 6.10 Å². The fourth-order valence-corrected chi connectivity index (χ4v) is 9.18. The monoisotopic (exact) mass is 1070 g/mol. The van der Waals surface area contributed by atoms with Gasteiger partial charge in [-0.3, -0.25) is 14.4 Å². The van der Waals surface area contributed by atoms with Crippen LogP contribution in [0.25, 0.3) is 0 Å². The Balaban J connectivity index is 4.38. The van der Waals surface area contributed by atoms with Crippen LogP contribution in [-0.4, -0.2) is 37.2 Å².